The van der Waals surface area contributed by atoms with Crippen LogP contribution in [0.15, 0.2) is 29.2 Å². The van der Waals surface area contributed by atoms with Gasteiger partial charge in [0.25, 0.3) is 0 Å². The Hall–Kier alpha value is -2.77. The highest BCUT2D eigenvalue weighted by atomic mass is 32.2. The lowest BCUT2D eigenvalue weighted by Crippen LogP contribution is -2.07. The number of benzene rings is 2. The zero-order valence-electron chi connectivity index (χ0n) is 14.6. The van der Waals surface area contributed by atoms with Crippen molar-refractivity contribution >= 4 is 23.1 Å². The van der Waals surface area contributed by atoms with E-state index in [9.17, 15) is 14.0 Å². The van der Waals surface area contributed by atoms with Crippen LogP contribution in [0.2, 0.25) is 0 Å². The Balaban J connectivity index is 2.67. The van der Waals surface area contributed by atoms with Gasteiger partial charge >= 0.3 is 0 Å². The number of para-hydroxylation sites is 2. The molecule has 0 aliphatic heterocycles. The molecule has 4 nitrogen and oxygen atoms in total. The average molecular weight is 373 g/mol. The molecule has 26 heavy (non-hydrogen) atoms. The first-order valence-electron chi connectivity index (χ1n) is 7.82. The number of halogens is 2. The van der Waals surface area contributed by atoms with E-state index in [2.05, 4.69) is 5.32 Å². The molecule has 2 aromatic rings. The first-order chi connectivity index (χ1) is 12.4. The van der Waals surface area contributed by atoms with Crippen LogP contribution >= 0.6 is 11.8 Å². The zero-order chi connectivity index (χ0) is 19.3. The highest BCUT2D eigenvalue weighted by Crippen LogP contribution is 2.40. The molecule has 0 aliphatic carbocycles. The topological polar surface area (TPSA) is 68.8 Å². The molecule has 0 atom stereocenters. The smallest absolute Gasteiger partial charge is 0.167 e. The van der Waals surface area contributed by atoms with E-state index in [-0.39, 0.29) is 16.5 Å². The average Bonchev–Trinajstić information content (AvgIpc) is 2.63. The van der Waals surface area contributed by atoms with Gasteiger partial charge in [-0.15, -0.1) is 11.8 Å². The lowest BCUT2D eigenvalue weighted by molar-refractivity contribution is 0.416. The second-order valence-corrected chi connectivity index (χ2v) is 6.87. The fourth-order valence-corrected chi connectivity index (χ4v) is 3.27. The zero-order valence-corrected chi connectivity index (χ0v) is 15.4. The minimum atomic E-state index is -0.956. The minimum Gasteiger partial charge on any atom is -0.495 e. The van der Waals surface area contributed by atoms with Gasteiger partial charge < -0.3 is 10.1 Å². The standard InChI is InChI=1S/C19H17F2N3OS/c1-11(2)10-26-19-17(21)13(9-23)12(8-22)16(20)18(19)24-14-6-4-5-7-15(14)25-3/h4-7,11,24H,10H2,1-3H3. The third-order valence-corrected chi connectivity index (χ3v) is 4.99. The molecule has 2 aromatic carbocycles. The minimum absolute atomic E-state index is 0.0299. The molecule has 0 heterocycles. The third kappa shape index (κ3) is 3.89. The number of methoxy groups -OCH3 is 1. The van der Waals surface area contributed by atoms with Crippen LogP contribution in [0, 0.1) is 40.2 Å². The monoisotopic (exact) mass is 373 g/mol. The summed E-state index contributed by atoms with van der Waals surface area (Å²) in [5.74, 6) is -0.665. The molecule has 0 radical (unpaired) electrons. The second-order valence-electron chi connectivity index (χ2n) is 5.84. The molecule has 0 unspecified atom stereocenters. The number of anilines is 2. The SMILES string of the molecule is COc1ccccc1Nc1c(F)c(C#N)c(C#N)c(F)c1SCC(C)C. The van der Waals surface area contributed by atoms with Crippen LogP contribution < -0.4 is 10.1 Å². The highest BCUT2D eigenvalue weighted by molar-refractivity contribution is 7.99. The predicted molar refractivity (Wildman–Crippen MR) is 97.6 cm³/mol. The number of hydrogen-bond donors (Lipinski definition) is 1. The Bertz CT molecular complexity index is 901. The highest BCUT2D eigenvalue weighted by Gasteiger charge is 2.26. The van der Waals surface area contributed by atoms with Crippen LogP contribution in [0.5, 0.6) is 5.75 Å². The van der Waals surface area contributed by atoms with Crippen molar-refractivity contribution in [2.45, 2.75) is 18.7 Å². The molecular weight excluding hydrogens is 356 g/mol. The molecule has 0 saturated heterocycles. The van der Waals surface area contributed by atoms with Crippen LogP contribution in [-0.4, -0.2) is 12.9 Å². The maximum absolute atomic E-state index is 14.9. The van der Waals surface area contributed by atoms with E-state index in [1.807, 2.05) is 13.8 Å². The van der Waals surface area contributed by atoms with Gasteiger partial charge in [0.1, 0.15) is 29.0 Å². The molecule has 0 bridgehead atoms. The number of ether oxygens (including phenoxy) is 1. The maximum Gasteiger partial charge on any atom is 0.167 e. The molecule has 0 spiro atoms. The van der Waals surface area contributed by atoms with Crippen LogP contribution in [0.25, 0.3) is 0 Å². The van der Waals surface area contributed by atoms with Gasteiger partial charge in [-0.2, -0.15) is 10.5 Å². The van der Waals surface area contributed by atoms with E-state index in [4.69, 9.17) is 10.00 Å². The van der Waals surface area contributed by atoms with E-state index < -0.39 is 22.8 Å². The fourth-order valence-electron chi connectivity index (χ4n) is 2.26. The molecule has 0 aromatic heterocycles. The van der Waals surface area contributed by atoms with Gasteiger partial charge in [-0.1, -0.05) is 26.0 Å². The van der Waals surface area contributed by atoms with Crippen molar-refractivity contribution in [1.82, 2.24) is 0 Å². The number of nitriles is 2. The van der Waals surface area contributed by atoms with Crippen molar-refractivity contribution in [3.63, 3.8) is 0 Å². The predicted octanol–water partition coefficient (Wildman–Crippen LogP) is 5.21. The Morgan fingerprint density at radius 1 is 1.12 bits per heavy atom. The van der Waals surface area contributed by atoms with Crippen molar-refractivity contribution in [2.24, 2.45) is 5.92 Å². The number of thioether (sulfide) groups is 1. The summed E-state index contributed by atoms with van der Waals surface area (Å²) in [5, 5.41) is 21.2. The Kier molecular flexibility index (Phi) is 6.43. The Labute approximate surface area is 155 Å². The van der Waals surface area contributed by atoms with Crippen molar-refractivity contribution in [2.75, 3.05) is 18.2 Å². The largest absolute Gasteiger partial charge is 0.495 e. The summed E-state index contributed by atoms with van der Waals surface area (Å²) in [6.45, 7) is 3.90. The van der Waals surface area contributed by atoms with Gasteiger partial charge in [-0.25, -0.2) is 8.78 Å². The number of rotatable bonds is 6. The Morgan fingerprint density at radius 2 is 1.73 bits per heavy atom. The van der Waals surface area contributed by atoms with Crippen molar-refractivity contribution < 1.29 is 13.5 Å². The number of nitrogens with zero attached hydrogens (tertiary/aromatic N) is 2. The number of hydrogen-bond acceptors (Lipinski definition) is 5. The summed E-state index contributed by atoms with van der Waals surface area (Å²) in [6, 6.07) is 9.96. The fraction of sp³-hybridized carbons (Fsp3) is 0.263. The molecule has 0 aliphatic rings. The molecule has 0 amide bonds. The van der Waals surface area contributed by atoms with E-state index >= 15 is 0 Å². The van der Waals surface area contributed by atoms with Gasteiger partial charge in [-0.3, -0.25) is 0 Å². The van der Waals surface area contributed by atoms with E-state index in [1.54, 1.807) is 36.4 Å². The van der Waals surface area contributed by atoms with Crippen LogP contribution in [0.1, 0.15) is 25.0 Å². The van der Waals surface area contributed by atoms with Crippen LogP contribution in [-0.2, 0) is 0 Å². The summed E-state index contributed by atoms with van der Waals surface area (Å²) < 4.78 is 35.0. The second kappa shape index (κ2) is 8.55. The lowest BCUT2D eigenvalue weighted by atomic mass is 10.1. The van der Waals surface area contributed by atoms with Gasteiger partial charge in [0.15, 0.2) is 11.6 Å². The summed E-state index contributed by atoms with van der Waals surface area (Å²) in [5.41, 5.74) is -0.945. The molecule has 7 heteroatoms. The van der Waals surface area contributed by atoms with Gasteiger partial charge in [0.05, 0.1) is 23.4 Å². The Morgan fingerprint density at radius 3 is 2.31 bits per heavy atom. The third-order valence-electron chi connectivity index (χ3n) is 3.49. The molecule has 2 rings (SSSR count). The molecule has 134 valence electrons. The first kappa shape index (κ1) is 19.6. The van der Waals surface area contributed by atoms with E-state index in [0.29, 0.717) is 17.2 Å². The van der Waals surface area contributed by atoms with Crippen molar-refractivity contribution in [1.29, 1.82) is 10.5 Å². The van der Waals surface area contributed by atoms with Gasteiger partial charge in [0.2, 0.25) is 0 Å². The van der Waals surface area contributed by atoms with Crippen molar-refractivity contribution in [3.05, 3.63) is 47.0 Å². The summed E-state index contributed by atoms with van der Waals surface area (Å²) in [7, 11) is 1.46. The van der Waals surface area contributed by atoms with Crippen molar-refractivity contribution in [3.8, 4) is 17.9 Å². The summed E-state index contributed by atoms with van der Waals surface area (Å²) >= 11 is 1.10. The molecule has 1 N–H and O–H groups in total. The molecule has 0 fully saturated rings. The maximum atomic E-state index is 14.9. The summed E-state index contributed by atoms with van der Waals surface area (Å²) in [4.78, 5) is -0.0299. The van der Waals surface area contributed by atoms with Crippen LogP contribution in [0.3, 0.4) is 0 Å². The van der Waals surface area contributed by atoms with E-state index in [1.165, 1.54) is 7.11 Å². The van der Waals surface area contributed by atoms with Crippen LogP contribution in [0.4, 0.5) is 20.2 Å². The lowest BCUT2D eigenvalue weighted by Gasteiger charge is -2.18. The summed E-state index contributed by atoms with van der Waals surface area (Å²) in [6.07, 6.45) is 0. The molecule has 0 saturated carbocycles. The quantitative estimate of drug-likeness (QED) is 0.704. The molecular formula is C19H17F2N3OS. The number of nitrogens with one attached hydrogen (secondary N) is 1. The van der Waals surface area contributed by atoms with E-state index in [0.717, 1.165) is 11.8 Å². The first-order valence-corrected chi connectivity index (χ1v) is 8.81. The van der Waals surface area contributed by atoms with Gasteiger partial charge in [-0.05, 0) is 18.1 Å². The van der Waals surface area contributed by atoms with Gasteiger partial charge in [0, 0.05) is 5.75 Å². The normalized spacial score (nSPS) is 10.3.